The molecule has 2 heterocycles. The van der Waals surface area contributed by atoms with Crippen molar-refractivity contribution >= 4 is 11.3 Å². The summed E-state index contributed by atoms with van der Waals surface area (Å²) >= 11 is 1.67. The zero-order chi connectivity index (χ0) is 19.6. The van der Waals surface area contributed by atoms with Gasteiger partial charge in [0, 0.05) is 16.8 Å². The molecule has 0 amide bonds. The van der Waals surface area contributed by atoms with Crippen LogP contribution in [0.2, 0.25) is 0 Å². The van der Waals surface area contributed by atoms with Crippen molar-refractivity contribution in [2.45, 2.75) is 0 Å². The highest BCUT2D eigenvalue weighted by Crippen LogP contribution is 2.39. The Labute approximate surface area is 173 Å². The van der Waals surface area contributed by atoms with Crippen LogP contribution in [0.4, 0.5) is 0 Å². The number of benzene rings is 3. The lowest BCUT2D eigenvalue weighted by Crippen LogP contribution is -1.99. The Morgan fingerprint density at radius 2 is 1.34 bits per heavy atom. The summed E-state index contributed by atoms with van der Waals surface area (Å²) in [4.78, 5) is 6.20. The summed E-state index contributed by atoms with van der Waals surface area (Å²) in [7, 11) is 0. The van der Waals surface area contributed by atoms with Crippen LogP contribution in [-0.4, -0.2) is 14.7 Å². The van der Waals surface area contributed by atoms with Crippen molar-refractivity contribution in [3.05, 3.63) is 102 Å². The van der Waals surface area contributed by atoms with Gasteiger partial charge in [0.2, 0.25) is 0 Å². The number of hydrogen-bond donors (Lipinski definition) is 1. The Morgan fingerprint density at radius 3 is 1.97 bits per heavy atom. The molecule has 0 fully saturated rings. The third kappa shape index (κ3) is 3.24. The van der Waals surface area contributed by atoms with Crippen LogP contribution in [-0.2, 0) is 0 Å². The molecule has 0 bridgehead atoms. The van der Waals surface area contributed by atoms with Gasteiger partial charge in [0.05, 0.1) is 16.3 Å². The highest BCUT2D eigenvalue weighted by atomic mass is 32.1. The monoisotopic (exact) mass is 394 g/mol. The molecule has 3 aromatic carbocycles. The lowest BCUT2D eigenvalue weighted by molar-refractivity contribution is 0.475. The fraction of sp³-hybridized carbons (Fsp3) is 0. The number of nitrogens with zero attached hydrogens (tertiary/aromatic N) is 2. The number of phenolic OH excluding ortho intramolecular Hbond substituents is 1. The minimum absolute atomic E-state index is 0.246. The minimum atomic E-state index is 0.246. The van der Waals surface area contributed by atoms with Gasteiger partial charge >= 0.3 is 0 Å². The normalized spacial score (nSPS) is 10.9. The zero-order valence-corrected chi connectivity index (χ0v) is 16.4. The van der Waals surface area contributed by atoms with Crippen molar-refractivity contribution in [3.8, 4) is 44.7 Å². The molecule has 5 aromatic rings. The SMILES string of the molecule is Oc1ccc(-n2c(-c3cccs3)nc(-c3ccccc3)c2-c2ccccc2)cc1. The molecule has 0 radical (unpaired) electrons. The second-order valence-electron chi connectivity index (χ2n) is 6.69. The molecule has 140 valence electrons. The summed E-state index contributed by atoms with van der Waals surface area (Å²) < 4.78 is 2.18. The first-order valence-electron chi connectivity index (χ1n) is 9.38. The van der Waals surface area contributed by atoms with Crippen LogP contribution in [0.1, 0.15) is 0 Å². The number of phenols is 1. The number of aromatic nitrogens is 2. The van der Waals surface area contributed by atoms with E-state index in [1.807, 2.05) is 54.6 Å². The van der Waals surface area contributed by atoms with Crippen LogP contribution in [0, 0.1) is 0 Å². The van der Waals surface area contributed by atoms with Crippen molar-refractivity contribution in [3.63, 3.8) is 0 Å². The van der Waals surface area contributed by atoms with E-state index in [1.165, 1.54) is 0 Å². The van der Waals surface area contributed by atoms with Crippen molar-refractivity contribution in [1.82, 2.24) is 9.55 Å². The van der Waals surface area contributed by atoms with E-state index in [4.69, 9.17) is 4.98 Å². The summed E-state index contributed by atoms with van der Waals surface area (Å²) in [6.45, 7) is 0. The summed E-state index contributed by atoms with van der Waals surface area (Å²) in [5.74, 6) is 1.14. The maximum absolute atomic E-state index is 9.80. The van der Waals surface area contributed by atoms with Crippen molar-refractivity contribution in [1.29, 1.82) is 0 Å². The van der Waals surface area contributed by atoms with Crippen LogP contribution in [0.15, 0.2) is 102 Å². The standard InChI is InChI=1S/C25H18N2OS/c28-21-15-13-20(14-16-21)27-24(19-10-5-2-6-11-19)23(18-8-3-1-4-9-18)26-25(27)22-12-7-17-29-22/h1-17,28H. The first kappa shape index (κ1) is 17.5. The maximum Gasteiger partial charge on any atom is 0.155 e. The quantitative estimate of drug-likeness (QED) is 0.371. The van der Waals surface area contributed by atoms with Gasteiger partial charge < -0.3 is 5.11 Å². The number of aromatic hydroxyl groups is 1. The predicted octanol–water partition coefficient (Wildman–Crippen LogP) is 6.64. The molecule has 5 rings (SSSR count). The highest BCUT2D eigenvalue weighted by Gasteiger charge is 2.22. The fourth-order valence-corrected chi connectivity index (χ4v) is 4.21. The third-order valence-electron chi connectivity index (χ3n) is 4.82. The predicted molar refractivity (Wildman–Crippen MR) is 119 cm³/mol. The first-order chi connectivity index (χ1) is 14.3. The lowest BCUT2D eigenvalue weighted by Gasteiger charge is -2.13. The van der Waals surface area contributed by atoms with Gasteiger partial charge in [-0.3, -0.25) is 4.57 Å². The van der Waals surface area contributed by atoms with E-state index in [2.05, 4.69) is 40.3 Å². The smallest absolute Gasteiger partial charge is 0.155 e. The van der Waals surface area contributed by atoms with Gasteiger partial charge in [-0.25, -0.2) is 4.98 Å². The van der Waals surface area contributed by atoms with Crippen LogP contribution < -0.4 is 0 Å². The average Bonchev–Trinajstić information content (AvgIpc) is 3.44. The average molecular weight is 394 g/mol. The third-order valence-corrected chi connectivity index (χ3v) is 5.69. The molecule has 0 unspecified atom stereocenters. The molecule has 1 N–H and O–H groups in total. The molecule has 0 atom stereocenters. The lowest BCUT2D eigenvalue weighted by atomic mass is 10.0. The topological polar surface area (TPSA) is 38.0 Å². The molecule has 0 aliphatic heterocycles. The van der Waals surface area contributed by atoms with E-state index in [0.717, 1.165) is 38.9 Å². The van der Waals surface area contributed by atoms with Crippen molar-refractivity contribution in [2.24, 2.45) is 0 Å². The van der Waals surface area contributed by atoms with E-state index in [9.17, 15) is 5.11 Å². The zero-order valence-electron chi connectivity index (χ0n) is 15.6. The van der Waals surface area contributed by atoms with E-state index < -0.39 is 0 Å². The number of imidazole rings is 1. The van der Waals surface area contributed by atoms with Gasteiger partial charge in [-0.05, 0) is 35.7 Å². The first-order valence-corrected chi connectivity index (χ1v) is 10.3. The van der Waals surface area contributed by atoms with Crippen LogP contribution in [0.5, 0.6) is 5.75 Å². The van der Waals surface area contributed by atoms with Gasteiger partial charge in [0.25, 0.3) is 0 Å². The summed E-state index contributed by atoms with van der Waals surface area (Å²) in [5, 5.41) is 11.9. The van der Waals surface area contributed by atoms with Crippen LogP contribution >= 0.6 is 11.3 Å². The Kier molecular flexibility index (Phi) is 4.47. The molecule has 0 saturated heterocycles. The maximum atomic E-state index is 9.80. The van der Waals surface area contributed by atoms with E-state index in [-0.39, 0.29) is 5.75 Å². The second kappa shape index (κ2) is 7.41. The van der Waals surface area contributed by atoms with Gasteiger partial charge in [0.1, 0.15) is 5.75 Å². The summed E-state index contributed by atoms with van der Waals surface area (Å²) in [5.41, 5.74) is 5.09. The Balaban J connectivity index is 1.88. The second-order valence-corrected chi connectivity index (χ2v) is 7.64. The summed E-state index contributed by atoms with van der Waals surface area (Å²) in [6.07, 6.45) is 0. The van der Waals surface area contributed by atoms with E-state index in [0.29, 0.717) is 0 Å². The molecule has 0 saturated carbocycles. The number of thiophene rings is 1. The molecular formula is C25H18N2OS. The Hall–Kier alpha value is -3.63. The molecule has 0 spiro atoms. The van der Waals surface area contributed by atoms with Crippen molar-refractivity contribution < 1.29 is 5.11 Å². The summed E-state index contributed by atoms with van der Waals surface area (Å²) in [6, 6.07) is 32.0. The van der Waals surface area contributed by atoms with E-state index >= 15 is 0 Å². The molecular weight excluding hydrogens is 376 g/mol. The molecule has 2 aromatic heterocycles. The van der Waals surface area contributed by atoms with Crippen LogP contribution in [0.3, 0.4) is 0 Å². The molecule has 29 heavy (non-hydrogen) atoms. The van der Waals surface area contributed by atoms with Gasteiger partial charge in [0.15, 0.2) is 5.82 Å². The van der Waals surface area contributed by atoms with Gasteiger partial charge in [-0.15, -0.1) is 11.3 Å². The Morgan fingerprint density at radius 1 is 0.690 bits per heavy atom. The highest BCUT2D eigenvalue weighted by molar-refractivity contribution is 7.13. The molecule has 0 aliphatic carbocycles. The molecule has 0 aliphatic rings. The van der Waals surface area contributed by atoms with E-state index in [1.54, 1.807) is 23.5 Å². The largest absolute Gasteiger partial charge is 0.508 e. The molecule has 3 nitrogen and oxygen atoms in total. The van der Waals surface area contributed by atoms with Gasteiger partial charge in [-0.2, -0.15) is 0 Å². The van der Waals surface area contributed by atoms with Gasteiger partial charge in [-0.1, -0.05) is 66.7 Å². The number of hydrogen-bond acceptors (Lipinski definition) is 3. The van der Waals surface area contributed by atoms with Crippen molar-refractivity contribution in [2.75, 3.05) is 0 Å². The fourth-order valence-electron chi connectivity index (χ4n) is 3.50. The minimum Gasteiger partial charge on any atom is -0.508 e. The molecule has 4 heteroatoms. The van der Waals surface area contributed by atoms with Crippen LogP contribution in [0.25, 0.3) is 38.9 Å². The Bertz CT molecular complexity index is 1230. The number of rotatable bonds is 4.